The van der Waals surface area contributed by atoms with E-state index in [0.717, 1.165) is 28.5 Å². The van der Waals surface area contributed by atoms with E-state index in [1.807, 2.05) is 42.5 Å². The van der Waals surface area contributed by atoms with Gasteiger partial charge in [0, 0.05) is 10.9 Å². The first kappa shape index (κ1) is 12.8. The van der Waals surface area contributed by atoms with Gasteiger partial charge in [-0.2, -0.15) is 0 Å². The lowest BCUT2D eigenvalue weighted by Gasteiger charge is -2.02. The van der Waals surface area contributed by atoms with Gasteiger partial charge in [-0.15, -0.1) is 6.58 Å². The van der Waals surface area contributed by atoms with E-state index in [4.69, 9.17) is 9.40 Å². The fourth-order valence-electron chi connectivity index (χ4n) is 2.84. The van der Waals surface area contributed by atoms with Crippen molar-refractivity contribution in [2.24, 2.45) is 0 Å². The van der Waals surface area contributed by atoms with Gasteiger partial charge in [-0.05, 0) is 29.5 Å². The van der Waals surface area contributed by atoms with Crippen molar-refractivity contribution in [2.75, 3.05) is 0 Å². The molecule has 3 aromatic carbocycles. The SMILES string of the molecule is C=CCc1ccccc1-c1nc2c(ccc3ccccc32)o1. The van der Waals surface area contributed by atoms with Crippen LogP contribution in [0.25, 0.3) is 33.3 Å². The molecule has 1 heterocycles. The molecule has 0 spiro atoms. The van der Waals surface area contributed by atoms with Gasteiger partial charge in [-0.3, -0.25) is 0 Å². The number of rotatable bonds is 3. The van der Waals surface area contributed by atoms with Gasteiger partial charge in [0.25, 0.3) is 0 Å². The average molecular weight is 285 g/mol. The molecule has 2 nitrogen and oxygen atoms in total. The standard InChI is InChI=1S/C20H15NO/c1-2-7-14-8-4-6-11-17(14)20-21-19-16-10-5-3-9-15(16)12-13-18(19)22-20/h2-6,8-13H,1,7H2. The summed E-state index contributed by atoms with van der Waals surface area (Å²) in [4.78, 5) is 4.75. The Bertz CT molecular complexity index is 981. The summed E-state index contributed by atoms with van der Waals surface area (Å²) in [6.07, 6.45) is 2.70. The zero-order chi connectivity index (χ0) is 14.9. The molecule has 0 amide bonds. The predicted octanol–water partition coefficient (Wildman–Crippen LogP) is 5.38. The fraction of sp³-hybridized carbons (Fsp3) is 0.0500. The second kappa shape index (κ2) is 5.15. The summed E-state index contributed by atoms with van der Waals surface area (Å²) in [5.74, 6) is 0.670. The molecule has 106 valence electrons. The molecule has 0 aliphatic heterocycles. The molecule has 0 aliphatic rings. The van der Waals surface area contributed by atoms with Crippen molar-refractivity contribution in [3.05, 3.63) is 78.9 Å². The smallest absolute Gasteiger partial charge is 0.227 e. The average Bonchev–Trinajstić information content (AvgIpc) is 3.00. The van der Waals surface area contributed by atoms with E-state index in [0.29, 0.717) is 5.89 Å². The van der Waals surface area contributed by atoms with E-state index in [1.54, 1.807) is 0 Å². The number of nitrogens with zero attached hydrogens (tertiary/aromatic N) is 1. The van der Waals surface area contributed by atoms with E-state index >= 15 is 0 Å². The predicted molar refractivity (Wildman–Crippen MR) is 90.9 cm³/mol. The van der Waals surface area contributed by atoms with Gasteiger partial charge >= 0.3 is 0 Å². The maximum Gasteiger partial charge on any atom is 0.227 e. The van der Waals surface area contributed by atoms with Crippen LogP contribution >= 0.6 is 0 Å². The Hall–Kier alpha value is -2.87. The molecule has 0 bridgehead atoms. The number of oxazole rings is 1. The summed E-state index contributed by atoms with van der Waals surface area (Å²) in [5, 5.41) is 2.30. The molecule has 0 saturated heterocycles. The Balaban J connectivity index is 1.97. The molecule has 0 saturated carbocycles. The molecular weight excluding hydrogens is 270 g/mol. The summed E-state index contributed by atoms with van der Waals surface area (Å²) < 4.78 is 6.00. The Labute approximate surface area is 128 Å². The third-order valence-corrected chi connectivity index (χ3v) is 3.90. The molecule has 0 unspecified atom stereocenters. The molecule has 2 heteroatoms. The largest absolute Gasteiger partial charge is 0.436 e. The van der Waals surface area contributed by atoms with Crippen LogP contribution in [0.5, 0.6) is 0 Å². The monoisotopic (exact) mass is 285 g/mol. The Morgan fingerprint density at radius 3 is 2.68 bits per heavy atom. The van der Waals surface area contributed by atoms with Gasteiger partial charge in [-0.25, -0.2) is 4.98 Å². The number of allylic oxidation sites excluding steroid dienone is 1. The minimum Gasteiger partial charge on any atom is -0.436 e. The minimum absolute atomic E-state index is 0.670. The second-order valence-corrected chi connectivity index (χ2v) is 5.30. The van der Waals surface area contributed by atoms with Gasteiger partial charge in [0.1, 0.15) is 5.52 Å². The quantitative estimate of drug-likeness (QED) is 0.472. The van der Waals surface area contributed by atoms with Crippen LogP contribution in [0.3, 0.4) is 0 Å². The highest BCUT2D eigenvalue weighted by Crippen LogP contribution is 2.31. The number of hydrogen-bond donors (Lipinski definition) is 0. The zero-order valence-electron chi connectivity index (χ0n) is 12.1. The lowest BCUT2D eigenvalue weighted by molar-refractivity contribution is 0.619. The molecule has 0 fully saturated rings. The highest BCUT2D eigenvalue weighted by Gasteiger charge is 2.13. The topological polar surface area (TPSA) is 26.0 Å². The minimum atomic E-state index is 0.670. The van der Waals surface area contributed by atoms with Gasteiger partial charge in [0.2, 0.25) is 5.89 Å². The first-order valence-corrected chi connectivity index (χ1v) is 7.34. The van der Waals surface area contributed by atoms with E-state index in [-0.39, 0.29) is 0 Å². The Kier molecular flexibility index (Phi) is 3.01. The lowest BCUT2D eigenvalue weighted by atomic mass is 10.0. The summed E-state index contributed by atoms with van der Waals surface area (Å²) >= 11 is 0. The number of benzene rings is 3. The Morgan fingerprint density at radius 2 is 1.77 bits per heavy atom. The van der Waals surface area contributed by atoms with E-state index < -0.39 is 0 Å². The molecule has 0 aliphatic carbocycles. The van der Waals surface area contributed by atoms with Crippen LogP contribution in [-0.4, -0.2) is 4.98 Å². The number of aromatic nitrogens is 1. The molecule has 22 heavy (non-hydrogen) atoms. The molecule has 4 aromatic rings. The third kappa shape index (κ3) is 2.01. The van der Waals surface area contributed by atoms with E-state index in [1.165, 1.54) is 10.9 Å². The summed E-state index contributed by atoms with van der Waals surface area (Å²) in [6.45, 7) is 3.82. The van der Waals surface area contributed by atoms with E-state index in [9.17, 15) is 0 Å². The van der Waals surface area contributed by atoms with Crippen molar-refractivity contribution in [3.8, 4) is 11.5 Å². The van der Waals surface area contributed by atoms with Crippen molar-refractivity contribution in [1.82, 2.24) is 4.98 Å². The van der Waals surface area contributed by atoms with Gasteiger partial charge < -0.3 is 4.42 Å². The van der Waals surface area contributed by atoms with Crippen LogP contribution in [0.15, 0.2) is 77.7 Å². The van der Waals surface area contributed by atoms with Gasteiger partial charge in [0.05, 0.1) is 0 Å². The van der Waals surface area contributed by atoms with Crippen molar-refractivity contribution in [1.29, 1.82) is 0 Å². The van der Waals surface area contributed by atoms with Crippen molar-refractivity contribution in [3.63, 3.8) is 0 Å². The zero-order valence-corrected chi connectivity index (χ0v) is 12.1. The van der Waals surface area contributed by atoms with Gasteiger partial charge in [0.15, 0.2) is 5.58 Å². The molecule has 0 atom stereocenters. The van der Waals surface area contributed by atoms with Crippen LogP contribution in [-0.2, 0) is 6.42 Å². The van der Waals surface area contributed by atoms with Crippen LogP contribution in [0.4, 0.5) is 0 Å². The Morgan fingerprint density at radius 1 is 0.955 bits per heavy atom. The van der Waals surface area contributed by atoms with Crippen molar-refractivity contribution < 1.29 is 4.42 Å². The molecule has 0 radical (unpaired) electrons. The normalized spacial score (nSPS) is 11.1. The number of hydrogen-bond acceptors (Lipinski definition) is 2. The third-order valence-electron chi connectivity index (χ3n) is 3.90. The molecule has 4 rings (SSSR count). The molecule has 0 N–H and O–H groups in total. The summed E-state index contributed by atoms with van der Waals surface area (Å²) in [6, 6.07) is 20.5. The maximum atomic E-state index is 6.00. The summed E-state index contributed by atoms with van der Waals surface area (Å²) in [5.41, 5.74) is 3.94. The van der Waals surface area contributed by atoms with Crippen molar-refractivity contribution >= 4 is 21.9 Å². The number of fused-ring (bicyclic) bond motifs is 3. The lowest BCUT2D eigenvalue weighted by Crippen LogP contribution is -1.87. The van der Waals surface area contributed by atoms with Crippen LogP contribution < -0.4 is 0 Å². The molecule has 1 aromatic heterocycles. The van der Waals surface area contributed by atoms with Crippen LogP contribution in [0.1, 0.15) is 5.56 Å². The second-order valence-electron chi connectivity index (χ2n) is 5.30. The highest BCUT2D eigenvalue weighted by molar-refractivity contribution is 6.03. The summed E-state index contributed by atoms with van der Waals surface area (Å²) in [7, 11) is 0. The van der Waals surface area contributed by atoms with Crippen molar-refractivity contribution in [2.45, 2.75) is 6.42 Å². The maximum absolute atomic E-state index is 6.00. The fourth-order valence-corrected chi connectivity index (χ4v) is 2.84. The highest BCUT2D eigenvalue weighted by atomic mass is 16.3. The van der Waals surface area contributed by atoms with E-state index in [2.05, 4.69) is 30.8 Å². The van der Waals surface area contributed by atoms with Gasteiger partial charge in [-0.1, -0.05) is 54.6 Å². The van der Waals surface area contributed by atoms with Crippen LogP contribution in [0.2, 0.25) is 0 Å². The first-order chi connectivity index (χ1) is 10.9. The van der Waals surface area contributed by atoms with Crippen LogP contribution in [0, 0.1) is 0 Å². The molecular formula is C20H15NO. The first-order valence-electron chi connectivity index (χ1n) is 7.34.